The molecule has 5 rings (SSSR count). The third-order valence-electron chi connectivity index (χ3n) is 6.76. The summed E-state index contributed by atoms with van der Waals surface area (Å²) in [5, 5.41) is 0. The number of fused-ring (bicyclic) bond motifs is 3. The summed E-state index contributed by atoms with van der Waals surface area (Å²) in [6.07, 6.45) is 16.9. The molecule has 140 valence electrons. The van der Waals surface area contributed by atoms with Crippen molar-refractivity contribution in [1.82, 2.24) is 0 Å². The van der Waals surface area contributed by atoms with E-state index in [0.29, 0.717) is 17.9 Å². The molecule has 0 unspecified atom stereocenters. The van der Waals surface area contributed by atoms with Crippen molar-refractivity contribution in [2.45, 2.75) is 63.7 Å². The molecule has 1 aromatic carbocycles. The number of ether oxygens (including phenoxy) is 1. The summed E-state index contributed by atoms with van der Waals surface area (Å²) in [5.41, 5.74) is 4.44. The molecule has 0 radical (unpaired) electrons. The molecule has 27 heavy (non-hydrogen) atoms. The smallest absolute Gasteiger partial charge is 0.174 e. The maximum absolute atomic E-state index is 6.80. The van der Waals surface area contributed by atoms with Crippen molar-refractivity contribution in [1.29, 1.82) is 0 Å². The van der Waals surface area contributed by atoms with Crippen molar-refractivity contribution in [3.8, 4) is 0 Å². The molecule has 2 aliphatic carbocycles. The maximum Gasteiger partial charge on any atom is 0.174 e. The first kappa shape index (κ1) is 17.2. The van der Waals surface area contributed by atoms with Crippen LogP contribution >= 0.6 is 0 Å². The zero-order chi connectivity index (χ0) is 18.1. The monoisotopic (exact) mass is 360 g/mol. The molecule has 4 atom stereocenters. The third-order valence-corrected chi connectivity index (χ3v) is 6.76. The average Bonchev–Trinajstić information content (AvgIpc) is 2.74. The Balaban J connectivity index is 1.44. The number of hydrogen-bond acceptors (Lipinski definition) is 1. The van der Waals surface area contributed by atoms with Gasteiger partial charge in [0.1, 0.15) is 0 Å². The second-order valence-corrected chi connectivity index (χ2v) is 8.52. The number of hydrogen-bond donors (Lipinski definition) is 0. The Morgan fingerprint density at radius 1 is 0.889 bits per heavy atom. The lowest BCUT2D eigenvalue weighted by Crippen LogP contribution is -2.42. The van der Waals surface area contributed by atoms with Crippen LogP contribution in [0.25, 0.3) is 0 Å². The fourth-order valence-electron chi connectivity index (χ4n) is 5.52. The highest BCUT2D eigenvalue weighted by Crippen LogP contribution is 2.50. The largest absolute Gasteiger partial charge is 0.369 e. The molecule has 2 aromatic rings. The number of pyridine rings is 1. The van der Waals surface area contributed by atoms with Gasteiger partial charge in [0.15, 0.2) is 18.9 Å². The van der Waals surface area contributed by atoms with E-state index in [1.807, 2.05) is 0 Å². The van der Waals surface area contributed by atoms with E-state index in [2.05, 4.69) is 65.5 Å². The van der Waals surface area contributed by atoms with Gasteiger partial charge in [-0.25, -0.2) is 4.57 Å². The Hall–Kier alpha value is -1.93. The van der Waals surface area contributed by atoms with Gasteiger partial charge in [-0.3, -0.25) is 0 Å². The van der Waals surface area contributed by atoms with Crippen LogP contribution in [0.1, 0.15) is 62.2 Å². The molecular formula is C25H30NO+. The van der Waals surface area contributed by atoms with Crippen LogP contribution < -0.4 is 4.57 Å². The van der Waals surface area contributed by atoms with Crippen LogP contribution in [0, 0.1) is 11.8 Å². The summed E-state index contributed by atoms with van der Waals surface area (Å²) in [6.45, 7) is 0.917. The Labute approximate surface area is 162 Å². The van der Waals surface area contributed by atoms with Crippen LogP contribution in [0.3, 0.4) is 0 Å². The van der Waals surface area contributed by atoms with E-state index in [-0.39, 0.29) is 6.10 Å². The summed E-state index contributed by atoms with van der Waals surface area (Å²) < 4.78 is 9.11. The van der Waals surface area contributed by atoms with E-state index in [0.717, 1.165) is 6.54 Å². The first-order valence-corrected chi connectivity index (χ1v) is 10.8. The highest BCUT2D eigenvalue weighted by atomic mass is 16.5. The van der Waals surface area contributed by atoms with E-state index in [1.165, 1.54) is 56.1 Å². The maximum atomic E-state index is 6.80. The van der Waals surface area contributed by atoms with E-state index < -0.39 is 0 Å². The number of aromatic nitrogens is 1. The minimum absolute atomic E-state index is 0.235. The minimum atomic E-state index is 0.235. The second kappa shape index (κ2) is 7.59. The van der Waals surface area contributed by atoms with Gasteiger partial charge >= 0.3 is 0 Å². The fraction of sp³-hybridized carbons (Fsp3) is 0.480. The Kier molecular flexibility index (Phi) is 4.83. The standard InChI is InChI=1S/C25H30NO/c1-2-9-19(10-3-1)17-26-16-8-11-20(18-26)25-23-14-5-4-12-21(23)22-13-6-7-15-24(22)27-25/h1-3,8-12,16,18,22-25H,4-7,13-15,17H2/q+1/t22-,23+,24+,25-/m1/s1. The summed E-state index contributed by atoms with van der Waals surface area (Å²) in [7, 11) is 0. The van der Waals surface area contributed by atoms with Gasteiger partial charge in [0, 0.05) is 29.0 Å². The van der Waals surface area contributed by atoms with Gasteiger partial charge in [0.2, 0.25) is 0 Å². The zero-order valence-corrected chi connectivity index (χ0v) is 16.1. The molecule has 0 N–H and O–H groups in total. The van der Waals surface area contributed by atoms with Gasteiger partial charge in [0.05, 0.1) is 12.2 Å². The molecule has 0 bridgehead atoms. The molecule has 2 heterocycles. The molecule has 2 nitrogen and oxygen atoms in total. The van der Waals surface area contributed by atoms with Gasteiger partial charge in [0.25, 0.3) is 0 Å². The van der Waals surface area contributed by atoms with E-state index in [4.69, 9.17) is 4.74 Å². The van der Waals surface area contributed by atoms with Crippen molar-refractivity contribution in [2.24, 2.45) is 11.8 Å². The van der Waals surface area contributed by atoms with Crippen molar-refractivity contribution in [3.05, 3.63) is 77.6 Å². The molecule has 2 fully saturated rings. The predicted octanol–water partition coefficient (Wildman–Crippen LogP) is 5.38. The highest BCUT2D eigenvalue weighted by Gasteiger charge is 2.44. The number of allylic oxidation sites excluding steroid dienone is 1. The van der Waals surface area contributed by atoms with Crippen LogP contribution in [0.2, 0.25) is 0 Å². The fourth-order valence-corrected chi connectivity index (χ4v) is 5.52. The molecule has 2 heteroatoms. The Bertz CT molecular complexity index is 812. The molecule has 3 aliphatic rings. The summed E-state index contributed by atoms with van der Waals surface area (Å²) >= 11 is 0. The molecule has 0 spiro atoms. The van der Waals surface area contributed by atoms with E-state index in [9.17, 15) is 0 Å². The lowest BCUT2D eigenvalue weighted by Gasteiger charge is -2.47. The number of rotatable bonds is 3. The van der Waals surface area contributed by atoms with Gasteiger partial charge < -0.3 is 4.74 Å². The first-order chi connectivity index (χ1) is 13.4. The van der Waals surface area contributed by atoms with Crippen LogP contribution in [0.15, 0.2) is 66.5 Å². The van der Waals surface area contributed by atoms with Gasteiger partial charge in [-0.2, -0.15) is 0 Å². The zero-order valence-electron chi connectivity index (χ0n) is 16.1. The minimum Gasteiger partial charge on any atom is -0.369 e. The van der Waals surface area contributed by atoms with Crippen LogP contribution in [0.4, 0.5) is 0 Å². The van der Waals surface area contributed by atoms with Crippen LogP contribution in [-0.4, -0.2) is 6.10 Å². The molecule has 0 amide bonds. The van der Waals surface area contributed by atoms with Gasteiger partial charge in [-0.1, -0.05) is 54.8 Å². The number of benzene rings is 1. The predicted molar refractivity (Wildman–Crippen MR) is 107 cm³/mol. The van der Waals surface area contributed by atoms with Crippen LogP contribution in [-0.2, 0) is 11.3 Å². The second-order valence-electron chi connectivity index (χ2n) is 8.52. The summed E-state index contributed by atoms with van der Waals surface area (Å²) in [6, 6.07) is 15.2. The topological polar surface area (TPSA) is 13.1 Å². The molecular weight excluding hydrogens is 330 g/mol. The van der Waals surface area contributed by atoms with Crippen molar-refractivity contribution >= 4 is 0 Å². The SMILES string of the molecule is C1=C2[C@H]3CCCC[C@@H]3O[C@H](c3ccc[n+](Cc4ccccc4)c3)[C@H]2CCC1. The summed E-state index contributed by atoms with van der Waals surface area (Å²) in [4.78, 5) is 0. The molecule has 1 aromatic heterocycles. The van der Waals surface area contributed by atoms with Crippen molar-refractivity contribution < 1.29 is 9.30 Å². The van der Waals surface area contributed by atoms with E-state index in [1.54, 1.807) is 5.57 Å². The van der Waals surface area contributed by atoms with Crippen LogP contribution in [0.5, 0.6) is 0 Å². The normalized spacial score (nSPS) is 30.1. The first-order valence-electron chi connectivity index (χ1n) is 10.8. The Morgan fingerprint density at radius 3 is 2.67 bits per heavy atom. The van der Waals surface area contributed by atoms with Crippen molar-refractivity contribution in [2.75, 3.05) is 0 Å². The lowest BCUT2D eigenvalue weighted by molar-refractivity contribution is -0.689. The Morgan fingerprint density at radius 2 is 1.74 bits per heavy atom. The van der Waals surface area contributed by atoms with E-state index >= 15 is 0 Å². The highest BCUT2D eigenvalue weighted by molar-refractivity contribution is 5.25. The quantitative estimate of drug-likeness (QED) is 0.529. The third kappa shape index (κ3) is 3.48. The molecule has 1 saturated carbocycles. The lowest BCUT2D eigenvalue weighted by atomic mass is 9.68. The molecule has 1 saturated heterocycles. The van der Waals surface area contributed by atoms with Gasteiger partial charge in [-0.15, -0.1) is 0 Å². The van der Waals surface area contributed by atoms with Crippen molar-refractivity contribution in [3.63, 3.8) is 0 Å². The number of nitrogens with zero attached hydrogens (tertiary/aromatic N) is 1. The molecule has 1 aliphatic heterocycles. The summed E-state index contributed by atoms with van der Waals surface area (Å²) in [5.74, 6) is 1.28. The van der Waals surface area contributed by atoms with Gasteiger partial charge in [-0.05, 0) is 38.2 Å². The average molecular weight is 361 g/mol.